The third-order valence-electron chi connectivity index (χ3n) is 4.83. The first-order valence-electron chi connectivity index (χ1n) is 8.63. The van der Waals surface area contributed by atoms with Gasteiger partial charge in [-0.2, -0.15) is 0 Å². The summed E-state index contributed by atoms with van der Waals surface area (Å²) in [6.07, 6.45) is 0.701. The van der Waals surface area contributed by atoms with E-state index in [-0.39, 0.29) is 11.7 Å². The maximum Gasteiger partial charge on any atom is 0.252 e. The molecule has 0 fully saturated rings. The maximum absolute atomic E-state index is 12.6. The van der Waals surface area contributed by atoms with Crippen LogP contribution in [-0.4, -0.2) is 25.0 Å². The summed E-state index contributed by atoms with van der Waals surface area (Å²) in [5.74, 6) is 1.28. The summed E-state index contributed by atoms with van der Waals surface area (Å²) in [6.45, 7) is 0.458. The minimum atomic E-state index is -0.0232. The van der Waals surface area contributed by atoms with Gasteiger partial charge in [0.15, 0.2) is 11.5 Å². The zero-order chi connectivity index (χ0) is 19.0. The number of para-hydroxylation sites is 1. The van der Waals surface area contributed by atoms with Crippen molar-refractivity contribution >= 4 is 39.1 Å². The SMILES string of the molecule is COc1cc2cc(=O)n3c(c2cc1OC)CC(Nc1ccccc1I)NC3. The molecule has 0 saturated heterocycles. The number of fused-ring (bicyclic) bond motifs is 3. The molecule has 0 spiro atoms. The molecule has 1 atom stereocenters. The number of rotatable bonds is 4. The summed E-state index contributed by atoms with van der Waals surface area (Å²) in [4.78, 5) is 12.6. The molecule has 0 bridgehead atoms. The molecule has 4 rings (SSSR count). The van der Waals surface area contributed by atoms with Crippen molar-refractivity contribution in [2.24, 2.45) is 0 Å². The highest BCUT2D eigenvalue weighted by molar-refractivity contribution is 14.1. The quantitative estimate of drug-likeness (QED) is 0.566. The van der Waals surface area contributed by atoms with Gasteiger partial charge in [0, 0.05) is 32.8 Å². The average molecular weight is 477 g/mol. The van der Waals surface area contributed by atoms with E-state index >= 15 is 0 Å². The summed E-state index contributed by atoms with van der Waals surface area (Å²) in [7, 11) is 3.22. The van der Waals surface area contributed by atoms with Gasteiger partial charge in [0.25, 0.3) is 5.56 Å². The van der Waals surface area contributed by atoms with Crippen LogP contribution in [0, 0.1) is 3.57 Å². The molecule has 0 amide bonds. The number of pyridine rings is 1. The van der Waals surface area contributed by atoms with E-state index in [0.717, 1.165) is 25.7 Å². The van der Waals surface area contributed by atoms with Gasteiger partial charge in [0.2, 0.25) is 0 Å². The molecule has 7 heteroatoms. The number of nitrogens with zero attached hydrogens (tertiary/aromatic N) is 1. The highest BCUT2D eigenvalue weighted by Crippen LogP contribution is 2.34. The lowest BCUT2D eigenvalue weighted by Crippen LogP contribution is -2.47. The van der Waals surface area contributed by atoms with Crippen LogP contribution < -0.4 is 25.7 Å². The fourth-order valence-corrected chi connectivity index (χ4v) is 4.03. The molecule has 1 aliphatic rings. The van der Waals surface area contributed by atoms with Crippen LogP contribution in [0.15, 0.2) is 47.3 Å². The van der Waals surface area contributed by atoms with Gasteiger partial charge < -0.3 is 14.8 Å². The van der Waals surface area contributed by atoms with Crippen molar-refractivity contribution in [2.45, 2.75) is 19.3 Å². The number of anilines is 1. The molecule has 27 heavy (non-hydrogen) atoms. The Morgan fingerprint density at radius 2 is 1.89 bits per heavy atom. The zero-order valence-electron chi connectivity index (χ0n) is 15.1. The van der Waals surface area contributed by atoms with Gasteiger partial charge in [0.05, 0.1) is 27.1 Å². The van der Waals surface area contributed by atoms with Crippen LogP contribution in [0.2, 0.25) is 0 Å². The molecule has 2 N–H and O–H groups in total. The van der Waals surface area contributed by atoms with Gasteiger partial charge in [-0.05, 0) is 52.2 Å². The molecule has 0 radical (unpaired) electrons. The van der Waals surface area contributed by atoms with Gasteiger partial charge in [0.1, 0.15) is 0 Å². The maximum atomic E-state index is 12.6. The molecule has 2 heterocycles. The average Bonchev–Trinajstić information content (AvgIpc) is 2.69. The number of halogens is 1. The Morgan fingerprint density at radius 1 is 1.15 bits per heavy atom. The summed E-state index contributed by atoms with van der Waals surface area (Å²) in [5.41, 5.74) is 2.04. The molecule has 1 unspecified atom stereocenters. The van der Waals surface area contributed by atoms with Gasteiger partial charge in [-0.1, -0.05) is 12.1 Å². The molecule has 6 nitrogen and oxygen atoms in total. The van der Waals surface area contributed by atoms with Crippen LogP contribution in [0.1, 0.15) is 5.69 Å². The monoisotopic (exact) mass is 477 g/mol. The molecule has 140 valence electrons. The van der Waals surface area contributed by atoms with E-state index in [9.17, 15) is 4.79 Å². The summed E-state index contributed by atoms with van der Waals surface area (Å²) in [6, 6.07) is 13.6. The molecule has 0 saturated carbocycles. The van der Waals surface area contributed by atoms with Crippen LogP contribution in [0.4, 0.5) is 5.69 Å². The Kier molecular flexibility index (Phi) is 4.96. The van der Waals surface area contributed by atoms with E-state index in [0.29, 0.717) is 24.6 Å². The Bertz CT molecular complexity index is 1060. The van der Waals surface area contributed by atoms with E-state index in [2.05, 4.69) is 45.4 Å². The van der Waals surface area contributed by atoms with Crippen LogP contribution in [0.3, 0.4) is 0 Å². The highest BCUT2D eigenvalue weighted by atomic mass is 127. The summed E-state index contributed by atoms with van der Waals surface area (Å²) in [5, 5.41) is 8.80. The second-order valence-corrected chi connectivity index (χ2v) is 7.56. The largest absolute Gasteiger partial charge is 0.493 e. The summed E-state index contributed by atoms with van der Waals surface area (Å²) >= 11 is 2.32. The first-order chi connectivity index (χ1) is 13.1. The Balaban J connectivity index is 1.76. The number of aromatic nitrogens is 1. The number of ether oxygens (including phenoxy) is 2. The van der Waals surface area contributed by atoms with Gasteiger partial charge in [-0.25, -0.2) is 0 Å². The molecular weight excluding hydrogens is 457 g/mol. The second-order valence-electron chi connectivity index (χ2n) is 6.39. The molecule has 2 aromatic carbocycles. The van der Waals surface area contributed by atoms with E-state index in [4.69, 9.17) is 9.47 Å². The van der Waals surface area contributed by atoms with Crippen LogP contribution in [-0.2, 0) is 13.1 Å². The number of hydrogen-bond acceptors (Lipinski definition) is 5. The van der Waals surface area contributed by atoms with Crippen molar-refractivity contribution in [1.29, 1.82) is 0 Å². The fourth-order valence-electron chi connectivity index (χ4n) is 3.48. The van der Waals surface area contributed by atoms with Crippen molar-refractivity contribution in [3.63, 3.8) is 0 Å². The van der Waals surface area contributed by atoms with Gasteiger partial charge in [-0.15, -0.1) is 0 Å². The van der Waals surface area contributed by atoms with Gasteiger partial charge in [-0.3, -0.25) is 14.7 Å². The Morgan fingerprint density at radius 3 is 2.63 bits per heavy atom. The van der Waals surface area contributed by atoms with Crippen molar-refractivity contribution in [3.05, 3.63) is 62.1 Å². The van der Waals surface area contributed by atoms with Crippen molar-refractivity contribution in [3.8, 4) is 11.5 Å². The predicted molar refractivity (Wildman–Crippen MR) is 115 cm³/mol. The molecule has 1 aliphatic heterocycles. The van der Waals surface area contributed by atoms with Crippen molar-refractivity contribution < 1.29 is 9.47 Å². The topological polar surface area (TPSA) is 64.5 Å². The zero-order valence-corrected chi connectivity index (χ0v) is 17.2. The van der Waals surface area contributed by atoms with Crippen LogP contribution in [0.25, 0.3) is 10.8 Å². The van der Waals surface area contributed by atoms with Crippen LogP contribution >= 0.6 is 22.6 Å². The molecular formula is C20H20IN3O3. The number of hydrogen-bond donors (Lipinski definition) is 2. The minimum absolute atomic E-state index is 0.0232. The first-order valence-corrected chi connectivity index (χ1v) is 9.71. The Labute approximate surface area is 170 Å². The predicted octanol–water partition coefficient (Wildman–Crippen LogP) is 3.16. The van der Waals surface area contributed by atoms with Crippen LogP contribution in [0.5, 0.6) is 11.5 Å². The third-order valence-corrected chi connectivity index (χ3v) is 5.77. The fraction of sp³-hybridized carbons (Fsp3) is 0.250. The van der Waals surface area contributed by atoms with Gasteiger partial charge >= 0.3 is 0 Å². The normalized spacial score (nSPS) is 16.0. The lowest BCUT2D eigenvalue weighted by Gasteiger charge is -2.30. The Hall–Kier alpha value is -2.26. The molecule has 0 aliphatic carbocycles. The number of methoxy groups -OCH3 is 2. The van der Waals surface area contributed by atoms with E-state index < -0.39 is 0 Å². The smallest absolute Gasteiger partial charge is 0.252 e. The molecule has 3 aromatic rings. The second kappa shape index (κ2) is 7.40. The van der Waals surface area contributed by atoms with Crippen molar-refractivity contribution in [1.82, 2.24) is 9.88 Å². The van der Waals surface area contributed by atoms with E-state index in [1.54, 1.807) is 24.9 Å². The highest BCUT2D eigenvalue weighted by Gasteiger charge is 2.22. The van der Waals surface area contributed by atoms with E-state index in [1.165, 1.54) is 0 Å². The standard InChI is InChI=1S/C20H20IN3O3/c1-26-17-7-12-8-20(25)24-11-22-19(23-15-6-4-3-5-14(15)21)10-16(24)13(12)9-18(17)27-2/h3-9,19,22-23H,10-11H2,1-2H3. The number of nitrogens with one attached hydrogen (secondary N) is 2. The van der Waals surface area contributed by atoms with Crippen molar-refractivity contribution in [2.75, 3.05) is 19.5 Å². The lowest BCUT2D eigenvalue weighted by molar-refractivity contribution is 0.355. The lowest BCUT2D eigenvalue weighted by atomic mass is 10.0. The molecule has 1 aromatic heterocycles. The first kappa shape index (κ1) is 18.1. The minimum Gasteiger partial charge on any atom is -0.493 e. The van der Waals surface area contributed by atoms with E-state index in [1.807, 2.05) is 24.3 Å². The number of benzene rings is 2. The summed E-state index contributed by atoms with van der Waals surface area (Å²) < 4.78 is 13.8. The third kappa shape index (κ3) is 3.37.